The van der Waals surface area contributed by atoms with Crippen molar-refractivity contribution in [3.8, 4) is 5.75 Å². The Morgan fingerprint density at radius 1 is 1.00 bits per heavy atom. The van der Waals surface area contributed by atoms with Gasteiger partial charge in [0.05, 0.1) is 12.3 Å². The molecule has 3 fully saturated rings. The van der Waals surface area contributed by atoms with E-state index < -0.39 is 0 Å². The molecule has 28 heavy (non-hydrogen) atoms. The highest BCUT2D eigenvalue weighted by atomic mass is 16.5. The summed E-state index contributed by atoms with van der Waals surface area (Å²) in [5, 5.41) is 6.25. The molecule has 2 N–H and O–H groups in total. The molecule has 5 heteroatoms. The average molecular weight is 386 g/mol. The molecule has 4 rings (SSSR count). The minimum atomic E-state index is -0.110. The van der Waals surface area contributed by atoms with Crippen LogP contribution in [0.15, 0.2) is 24.3 Å². The summed E-state index contributed by atoms with van der Waals surface area (Å²) in [5.41, 5.74) is 0.738. The predicted molar refractivity (Wildman–Crippen MR) is 113 cm³/mol. The van der Waals surface area contributed by atoms with Crippen LogP contribution in [0.4, 0.5) is 10.5 Å². The molecule has 2 heterocycles. The molecule has 2 bridgehead atoms. The number of fused-ring (bicyclic) bond motifs is 2. The second kappa shape index (κ2) is 9.17. The Bertz CT molecular complexity index is 645. The Labute approximate surface area is 169 Å². The van der Waals surface area contributed by atoms with Gasteiger partial charge in [0.2, 0.25) is 0 Å². The van der Waals surface area contributed by atoms with Gasteiger partial charge in [-0.3, -0.25) is 4.90 Å². The first-order valence-electron chi connectivity index (χ1n) is 11.3. The first kappa shape index (κ1) is 19.6. The Morgan fingerprint density at radius 2 is 1.68 bits per heavy atom. The lowest BCUT2D eigenvalue weighted by atomic mass is 9.78. The molecule has 1 aromatic rings. The Morgan fingerprint density at radius 3 is 2.39 bits per heavy atom. The van der Waals surface area contributed by atoms with Crippen LogP contribution >= 0.6 is 0 Å². The number of carbonyl (C=O) groups is 1. The normalized spacial score (nSPS) is 28.5. The van der Waals surface area contributed by atoms with Crippen molar-refractivity contribution in [2.75, 3.05) is 11.9 Å². The number of carbonyl (C=O) groups excluding carboxylic acids is 1. The average Bonchev–Trinajstić information content (AvgIpc) is 2.69. The van der Waals surface area contributed by atoms with Gasteiger partial charge in [-0.2, -0.15) is 0 Å². The molecule has 154 valence electrons. The highest BCUT2D eigenvalue weighted by Gasteiger charge is 2.42. The molecule has 1 saturated carbocycles. The van der Waals surface area contributed by atoms with Gasteiger partial charge in [-0.05, 0) is 57.6 Å². The molecule has 0 radical (unpaired) electrons. The van der Waals surface area contributed by atoms with Crippen molar-refractivity contribution >= 4 is 11.7 Å². The van der Waals surface area contributed by atoms with Crippen molar-refractivity contribution < 1.29 is 9.53 Å². The van der Waals surface area contributed by atoms with Gasteiger partial charge >= 0.3 is 6.03 Å². The fraction of sp³-hybridized carbons (Fsp3) is 0.696. The van der Waals surface area contributed by atoms with Crippen molar-refractivity contribution in [2.45, 2.75) is 95.3 Å². The van der Waals surface area contributed by atoms with E-state index >= 15 is 0 Å². The number of nitrogens with zero attached hydrogens (tertiary/aromatic N) is 1. The Hall–Kier alpha value is -1.75. The summed E-state index contributed by atoms with van der Waals surface area (Å²) in [6.07, 6.45) is 13.1. The van der Waals surface area contributed by atoms with Gasteiger partial charge in [0.1, 0.15) is 5.75 Å². The smallest absolute Gasteiger partial charge is 0.319 e. The first-order valence-corrected chi connectivity index (χ1v) is 11.3. The van der Waals surface area contributed by atoms with Crippen LogP contribution in [0.3, 0.4) is 0 Å². The van der Waals surface area contributed by atoms with Gasteiger partial charge in [-0.15, -0.1) is 0 Å². The van der Waals surface area contributed by atoms with E-state index in [4.69, 9.17) is 4.74 Å². The van der Waals surface area contributed by atoms with Crippen LogP contribution in [0.1, 0.15) is 71.1 Å². The van der Waals surface area contributed by atoms with E-state index in [1.54, 1.807) is 0 Å². The molecule has 1 aromatic carbocycles. The van der Waals surface area contributed by atoms with E-state index in [2.05, 4.69) is 15.5 Å². The van der Waals surface area contributed by atoms with Crippen LogP contribution in [0.2, 0.25) is 0 Å². The van der Waals surface area contributed by atoms with Crippen LogP contribution in [0, 0.1) is 0 Å². The number of nitrogens with one attached hydrogen (secondary N) is 2. The molecule has 3 atom stereocenters. The number of benzene rings is 1. The summed E-state index contributed by atoms with van der Waals surface area (Å²) in [7, 11) is 0. The van der Waals surface area contributed by atoms with Crippen LogP contribution in [-0.2, 0) is 0 Å². The third-order valence-corrected chi connectivity index (χ3v) is 6.80. The van der Waals surface area contributed by atoms with Gasteiger partial charge in [0.15, 0.2) is 0 Å². The van der Waals surface area contributed by atoms with Crippen molar-refractivity contribution in [3.63, 3.8) is 0 Å². The van der Waals surface area contributed by atoms with Crippen LogP contribution < -0.4 is 15.4 Å². The number of amides is 2. The number of urea groups is 1. The lowest BCUT2D eigenvalue weighted by Crippen LogP contribution is -2.60. The largest absolute Gasteiger partial charge is 0.492 e. The van der Waals surface area contributed by atoms with Crippen molar-refractivity contribution in [1.29, 1.82) is 0 Å². The quantitative estimate of drug-likeness (QED) is 0.756. The van der Waals surface area contributed by atoms with Crippen LogP contribution in [0.5, 0.6) is 5.75 Å². The minimum absolute atomic E-state index is 0.110. The van der Waals surface area contributed by atoms with Gasteiger partial charge in [-0.25, -0.2) is 4.79 Å². The third-order valence-electron chi connectivity index (χ3n) is 6.80. The SMILES string of the molecule is CCOc1ccccc1NC(=O)NC1C[C@H]2CCC[C@@H](C1)N2C1CCCCC1. The zero-order chi connectivity index (χ0) is 19.3. The van der Waals surface area contributed by atoms with Crippen LogP contribution in [0.25, 0.3) is 0 Å². The molecule has 3 aliphatic rings. The lowest BCUT2D eigenvalue weighted by Gasteiger charge is -2.53. The number of piperidine rings is 2. The molecule has 5 nitrogen and oxygen atoms in total. The van der Waals surface area contributed by atoms with Crippen molar-refractivity contribution in [3.05, 3.63) is 24.3 Å². The summed E-state index contributed by atoms with van der Waals surface area (Å²) in [4.78, 5) is 15.5. The second-order valence-electron chi connectivity index (χ2n) is 8.67. The van der Waals surface area contributed by atoms with Gasteiger partial charge in [0, 0.05) is 24.2 Å². The summed E-state index contributed by atoms with van der Waals surface area (Å²) in [6, 6.07) is 9.89. The summed E-state index contributed by atoms with van der Waals surface area (Å²) in [6.45, 7) is 2.54. The summed E-state index contributed by atoms with van der Waals surface area (Å²) in [5.74, 6) is 0.726. The molecule has 0 spiro atoms. The van der Waals surface area contributed by atoms with Gasteiger partial charge < -0.3 is 15.4 Å². The molecule has 0 aromatic heterocycles. The number of ether oxygens (including phenoxy) is 1. The standard InChI is InChI=1S/C23H35N3O2/c1-2-28-22-14-7-6-13-21(22)25-23(27)24-17-15-19-11-8-12-20(16-17)26(19)18-9-4-3-5-10-18/h6-7,13-14,17-20H,2-5,8-12,15-16H2,1H3,(H2,24,25,27)/t17?,19-,20+. The number of hydrogen-bond acceptors (Lipinski definition) is 3. The highest BCUT2D eigenvalue weighted by Crippen LogP contribution is 2.39. The van der Waals surface area contributed by atoms with E-state index in [1.807, 2.05) is 31.2 Å². The van der Waals surface area contributed by atoms with E-state index in [9.17, 15) is 4.79 Å². The molecule has 2 aliphatic heterocycles. The molecular weight excluding hydrogens is 350 g/mol. The Kier molecular flexibility index (Phi) is 6.40. The van der Waals surface area contributed by atoms with Crippen LogP contribution in [-0.4, -0.2) is 41.7 Å². The first-order chi connectivity index (χ1) is 13.7. The number of rotatable bonds is 5. The fourth-order valence-electron chi connectivity index (χ4n) is 5.71. The van der Waals surface area contributed by atoms with Gasteiger partial charge in [-0.1, -0.05) is 37.8 Å². The maximum absolute atomic E-state index is 12.6. The zero-order valence-electron chi connectivity index (χ0n) is 17.2. The van der Waals surface area contributed by atoms with E-state index in [0.29, 0.717) is 18.7 Å². The summed E-state index contributed by atoms with van der Waals surface area (Å²) >= 11 is 0. The number of anilines is 1. The van der Waals surface area contributed by atoms with Crippen molar-refractivity contribution in [1.82, 2.24) is 10.2 Å². The van der Waals surface area contributed by atoms with E-state index in [0.717, 1.165) is 30.3 Å². The predicted octanol–water partition coefficient (Wildman–Crippen LogP) is 4.93. The Balaban J connectivity index is 1.35. The molecule has 1 aliphatic carbocycles. The molecule has 2 saturated heterocycles. The summed E-state index contributed by atoms with van der Waals surface area (Å²) < 4.78 is 5.62. The number of hydrogen-bond donors (Lipinski definition) is 2. The monoisotopic (exact) mass is 385 g/mol. The molecule has 1 unspecified atom stereocenters. The highest BCUT2D eigenvalue weighted by molar-refractivity contribution is 5.91. The maximum Gasteiger partial charge on any atom is 0.319 e. The van der Waals surface area contributed by atoms with Crippen molar-refractivity contribution in [2.24, 2.45) is 0 Å². The lowest BCUT2D eigenvalue weighted by molar-refractivity contribution is -0.0202. The topological polar surface area (TPSA) is 53.6 Å². The molecule has 2 amide bonds. The molecular formula is C23H35N3O2. The fourth-order valence-corrected chi connectivity index (χ4v) is 5.71. The van der Waals surface area contributed by atoms with E-state index in [1.165, 1.54) is 51.4 Å². The maximum atomic E-state index is 12.6. The zero-order valence-corrected chi connectivity index (χ0v) is 17.2. The minimum Gasteiger partial charge on any atom is -0.492 e. The second-order valence-corrected chi connectivity index (χ2v) is 8.67. The number of para-hydroxylation sites is 2. The van der Waals surface area contributed by atoms with Gasteiger partial charge in [0.25, 0.3) is 0 Å². The van der Waals surface area contributed by atoms with E-state index in [-0.39, 0.29) is 12.1 Å². The third kappa shape index (κ3) is 4.45.